The first-order valence-electron chi connectivity index (χ1n) is 9.26. The van der Waals surface area contributed by atoms with Crippen LogP contribution in [0.5, 0.6) is 0 Å². The highest BCUT2D eigenvalue weighted by Crippen LogP contribution is 2.27. The Morgan fingerprint density at radius 3 is 2.50 bits per heavy atom. The zero-order valence-electron chi connectivity index (χ0n) is 16.8. The van der Waals surface area contributed by atoms with Gasteiger partial charge in [0.05, 0.1) is 29.6 Å². The predicted molar refractivity (Wildman–Crippen MR) is 112 cm³/mol. The van der Waals surface area contributed by atoms with Crippen molar-refractivity contribution in [2.24, 2.45) is 11.1 Å². The number of ether oxygens (including phenoxy) is 1. The van der Waals surface area contributed by atoms with Crippen LogP contribution in [0.15, 0.2) is 30.5 Å². The lowest BCUT2D eigenvalue weighted by atomic mass is 9.81. The number of benzene rings is 1. The molecule has 2 aromatic rings. The SMILES string of the molecule is CCOC(=O)c1cnn(-c2cccc(NC(=O)C(CC)(CC)CN)c2)c1C.Cl. The maximum Gasteiger partial charge on any atom is 0.341 e. The van der Waals surface area contributed by atoms with Crippen LogP contribution in [-0.2, 0) is 9.53 Å². The molecular formula is C20H29ClN4O3. The van der Waals surface area contributed by atoms with Gasteiger partial charge in [-0.2, -0.15) is 5.10 Å². The van der Waals surface area contributed by atoms with Gasteiger partial charge < -0.3 is 15.8 Å². The Kier molecular flexibility index (Phi) is 8.65. The predicted octanol–water partition coefficient (Wildman–Crippen LogP) is 3.48. The first-order valence-corrected chi connectivity index (χ1v) is 9.26. The molecule has 7 nitrogen and oxygen atoms in total. The quantitative estimate of drug-likeness (QED) is 0.651. The van der Waals surface area contributed by atoms with E-state index in [1.165, 1.54) is 6.20 Å². The van der Waals surface area contributed by atoms with Crippen molar-refractivity contribution in [3.63, 3.8) is 0 Å². The number of nitrogens with zero attached hydrogens (tertiary/aromatic N) is 2. The van der Waals surface area contributed by atoms with Crippen LogP contribution in [0.3, 0.4) is 0 Å². The Labute approximate surface area is 172 Å². The molecule has 0 unspecified atom stereocenters. The number of amides is 1. The molecule has 3 N–H and O–H groups in total. The third kappa shape index (κ3) is 4.72. The minimum atomic E-state index is -0.575. The molecule has 8 heteroatoms. The summed E-state index contributed by atoms with van der Waals surface area (Å²) in [6.45, 7) is 8.11. The molecule has 0 aliphatic heterocycles. The van der Waals surface area contributed by atoms with E-state index >= 15 is 0 Å². The highest BCUT2D eigenvalue weighted by atomic mass is 35.5. The van der Waals surface area contributed by atoms with Gasteiger partial charge >= 0.3 is 5.97 Å². The van der Waals surface area contributed by atoms with Crippen LogP contribution in [0, 0.1) is 12.3 Å². The van der Waals surface area contributed by atoms with Crippen LogP contribution < -0.4 is 11.1 Å². The van der Waals surface area contributed by atoms with Crippen LogP contribution >= 0.6 is 12.4 Å². The van der Waals surface area contributed by atoms with Gasteiger partial charge in [0.25, 0.3) is 0 Å². The van der Waals surface area contributed by atoms with E-state index in [1.807, 2.05) is 38.1 Å². The van der Waals surface area contributed by atoms with E-state index in [1.54, 1.807) is 18.5 Å². The lowest BCUT2D eigenvalue weighted by Crippen LogP contribution is -2.41. The van der Waals surface area contributed by atoms with Gasteiger partial charge in [-0.05, 0) is 44.9 Å². The summed E-state index contributed by atoms with van der Waals surface area (Å²) < 4.78 is 6.70. The second kappa shape index (κ2) is 10.2. The van der Waals surface area contributed by atoms with Gasteiger partial charge in [0.2, 0.25) is 5.91 Å². The number of hydrogen-bond acceptors (Lipinski definition) is 5. The van der Waals surface area contributed by atoms with Crippen molar-refractivity contribution in [2.45, 2.75) is 40.5 Å². The second-order valence-corrected chi connectivity index (χ2v) is 6.47. The molecule has 154 valence electrons. The number of carbonyl (C=O) groups is 2. The van der Waals surface area contributed by atoms with Crippen LogP contribution in [-0.4, -0.2) is 34.8 Å². The Hall–Kier alpha value is -2.38. The molecule has 0 aliphatic rings. The lowest BCUT2D eigenvalue weighted by Gasteiger charge is -2.28. The molecule has 0 aliphatic carbocycles. The van der Waals surface area contributed by atoms with Gasteiger partial charge in [0.15, 0.2) is 0 Å². The van der Waals surface area contributed by atoms with E-state index in [-0.39, 0.29) is 18.3 Å². The fourth-order valence-electron chi connectivity index (χ4n) is 3.01. The van der Waals surface area contributed by atoms with Crippen LogP contribution in [0.2, 0.25) is 0 Å². The van der Waals surface area contributed by atoms with Gasteiger partial charge in [-0.15, -0.1) is 12.4 Å². The van der Waals surface area contributed by atoms with E-state index < -0.39 is 11.4 Å². The Balaban J connectivity index is 0.00000392. The van der Waals surface area contributed by atoms with E-state index in [9.17, 15) is 9.59 Å². The Bertz CT molecular complexity index is 807. The number of rotatable bonds is 8. The topological polar surface area (TPSA) is 99.2 Å². The maximum absolute atomic E-state index is 12.7. The molecule has 2 rings (SSSR count). The highest BCUT2D eigenvalue weighted by molar-refractivity contribution is 5.95. The van der Waals surface area contributed by atoms with Crippen LogP contribution in [0.25, 0.3) is 5.69 Å². The van der Waals surface area contributed by atoms with Crippen molar-refractivity contribution < 1.29 is 14.3 Å². The summed E-state index contributed by atoms with van der Waals surface area (Å²) in [5, 5.41) is 7.25. The molecule has 0 atom stereocenters. The molecule has 0 saturated carbocycles. The minimum absolute atomic E-state index is 0. The first kappa shape index (κ1) is 23.7. The third-order valence-corrected chi connectivity index (χ3v) is 5.08. The molecule has 1 amide bonds. The van der Waals surface area contributed by atoms with Crippen molar-refractivity contribution in [3.05, 3.63) is 41.7 Å². The Morgan fingerprint density at radius 1 is 1.25 bits per heavy atom. The highest BCUT2D eigenvalue weighted by Gasteiger charge is 2.33. The minimum Gasteiger partial charge on any atom is -0.462 e. The van der Waals surface area contributed by atoms with Crippen molar-refractivity contribution in [1.29, 1.82) is 0 Å². The third-order valence-electron chi connectivity index (χ3n) is 5.08. The normalized spacial score (nSPS) is 10.9. The van der Waals surface area contributed by atoms with Gasteiger partial charge in [0.1, 0.15) is 5.56 Å². The number of carbonyl (C=O) groups excluding carboxylic acids is 2. The van der Waals surface area contributed by atoms with Crippen LogP contribution in [0.4, 0.5) is 5.69 Å². The molecule has 0 fully saturated rings. The van der Waals surface area contributed by atoms with E-state index in [4.69, 9.17) is 10.5 Å². The summed E-state index contributed by atoms with van der Waals surface area (Å²) in [4.78, 5) is 24.7. The second-order valence-electron chi connectivity index (χ2n) is 6.47. The van der Waals surface area contributed by atoms with Crippen molar-refractivity contribution >= 4 is 30.0 Å². The largest absolute Gasteiger partial charge is 0.462 e. The number of aromatic nitrogens is 2. The molecule has 1 heterocycles. The molecule has 1 aromatic carbocycles. The molecule has 0 spiro atoms. The molecule has 1 aromatic heterocycles. The van der Waals surface area contributed by atoms with E-state index in [2.05, 4.69) is 10.4 Å². The number of halogens is 1. The first-order chi connectivity index (χ1) is 12.9. The molecule has 0 bridgehead atoms. The number of hydrogen-bond donors (Lipinski definition) is 2. The standard InChI is InChI=1S/C20H28N4O3.ClH/c1-5-20(6-2,13-21)19(26)23-15-9-8-10-16(11-15)24-14(4)17(12-22-24)18(25)27-7-3;/h8-12H,5-7,13,21H2,1-4H3,(H,23,26);1H. The van der Waals surface area contributed by atoms with Crippen molar-refractivity contribution in [1.82, 2.24) is 9.78 Å². The Morgan fingerprint density at radius 2 is 1.93 bits per heavy atom. The lowest BCUT2D eigenvalue weighted by molar-refractivity contribution is -0.125. The average molecular weight is 409 g/mol. The zero-order valence-corrected chi connectivity index (χ0v) is 17.6. The van der Waals surface area contributed by atoms with Crippen molar-refractivity contribution in [2.75, 3.05) is 18.5 Å². The summed E-state index contributed by atoms with van der Waals surface area (Å²) in [6, 6.07) is 7.33. The number of nitrogens with two attached hydrogens (primary N) is 1. The summed E-state index contributed by atoms with van der Waals surface area (Å²) in [6.07, 6.45) is 2.84. The van der Waals surface area contributed by atoms with E-state index in [0.29, 0.717) is 42.9 Å². The number of esters is 1. The summed E-state index contributed by atoms with van der Waals surface area (Å²) in [5.41, 5.74) is 7.78. The smallest absolute Gasteiger partial charge is 0.341 e. The monoisotopic (exact) mass is 408 g/mol. The zero-order chi connectivity index (χ0) is 20.0. The molecular weight excluding hydrogens is 380 g/mol. The maximum atomic E-state index is 12.7. The van der Waals surface area contributed by atoms with Gasteiger partial charge in [-0.3, -0.25) is 4.79 Å². The van der Waals surface area contributed by atoms with Crippen LogP contribution in [0.1, 0.15) is 49.7 Å². The van der Waals surface area contributed by atoms with Gasteiger partial charge in [-0.25, -0.2) is 9.48 Å². The van der Waals surface area contributed by atoms with Crippen molar-refractivity contribution in [3.8, 4) is 5.69 Å². The van der Waals surface area contributed by atoms with Gasteiger partial charge in [-0.1, -0.05) is 19.9 Å². The molecule has 0 radical (unpaired) electrons. The average Bonchev–Trinajstić information content (AvgIpc) is 3.05. The summed E-state index contributed by atoms with van der Waals surface area (Å²) in [7, 11) is 0. The fraction of sp³-hybridized carbons (Fsp3) is 0.450. The summed E-state index contributed by atoms with van der Waals surface area (Å²) in [5.74, 6) is -0.485. The van der Waals surface area contributed by atoms with E-state index in [0.717, 1.165) is 5.69 Å². The molecule has 28 heavy (non-hydrogen) atoms. The number of anilines is 1. The fourth-order valence-corrected chi connectivity index (χ4v) is 3.01. The summed E-state index contributed by atoms with van der Waals surface area (Å²) >= 11 is 0. The van der Waals surface area contributed by atoms with Gasteiger partial charge in [0, 0.05) is 12.2 Å². The number of nitrogens with one attached hydrogen (secondary N) is 1. The molecule has 0 saturated heterocycles.